The fourth-order valence-electron chi connectivity index (χ4n) is 3.19. The van der Waals surface area contributed by atoms with Gasteiger partial charge in [0.2, 0.25) is 0 Å². The SMILES string of the molecule is CCCC(C)(CNC(C)C)CN1CCC(N(C)C)C1. The molecular formula is C16H35N3. The molecule has 3 nitrogen and oxygen atoms in total. The standard InChI is InChI=1S/C16H35N3/c1-7-9-16(4,12-17-14(2)3)13-19-10-8-15(11-19)18(5)6/h14-15,17H,7-13H2,1-6H3. The molecule has 1 aliphatic rings. The topological polar surface area (TPSA) is 18.5 Å². The van der Waals surface area contributed by atoms with E-state index >= 15 is 0 Å². The molecule has 2 unspecified atom stereocenters. The van der Waals surface area contributed by atoms with E-state index in [0.29, 0.717) is 11.5 Å². The summed E-state index contributed by atoms with van der Waals surface area (Å²) in [6, 6.07) is 1.34. The largest absolute Gasteiger partial charge is 0.314 e. The minimum Gasteiger partial charge on any atom is -0.314 e. The van der Waals surface area contributed by atoms with Crippen LogP contribution in [0.5, 0.6) is 0 Å². The smallest absolute Gasteiger partial charge is 0.0229 e. The molecule has 0 spiro atoms. The van der Waals surface area contributed by atoms with Crippen molar-refractivity contribution in [2.45, 2.75) is 59.0 Å². The van der Waals surface area contributed by atoms with Crippen molar-refractivity contribution in [3.05, 3.63) is 0 Å². The van der Waals surface area contributed by atoms with E-state index < -0.39 is 0 Å². The highest BCUT2D eigenvalue weighted by molar-refractivity contribution is 4.87. The molecule has 0 bridgehead atoms. The summed E-state index contributed by atoms with van der Waals surface area (Å²) in [7, 11) is 4.42. The number of likely N-dealkylation sites (N-methyl/N-ethyl adjacent to an activating group) is 1. The molecule has 0 aromatic heterocycles. The first-order valence-corrected chi connectivity index (χ1v) is 7.98. The Morgan fingerprint density at radius 2 is 2.05 bits per heavy atom. The van der Waals surface area contributed by atoms with Crippen LogP contribution >= 0.6 is 0 Å². The van der Waals surface area contributed by atoms with Crippen LogP contribution in [0.4, 0.5) is 0 Å². The molecule has 2 atom stereocenters. The number of nitrogens with one attached hydrogen (secondary N) is 1. The van der Waals surface area contributed by atoms with Gasteiger partial charge in [-0.2, -0.15) is 0 Å². The van der Waals surface area contributed by atoms with Crippen molar-refractivity contribution < 1.29 is 0 Å². The van der Waals surface area contributed by atoms with Gasteiger partial charge in [0.15, 0.2) is 0 Å². The molecule has 3 heteroatoms. The van der Waals surface area contributed by atoms with Crippen molar-refractivity contribution in [3.8, 4) is 0 Å². The summed E-state index contributed by atoms with van der Waals surface area (Å²) in [6.45, 7) is 14.1. The lowest BCUT2D eigenvalue weighted by Gasteiger charge is -2.35. The second-order valence-electron chi connectivity index (χ2n) is 7.24. The van der Waals surface area contributed by atoms with Crippen molar-refractivity contribution in [2.75, 3.05) is 40.3 Å². The molecule has 0 aromatic rings. The minimum atomic E-state index is 0.417. The van der Waals surface area contributed by atoms with E-state index in [9.17, 15) is 0 Å². The van der Waals surface area contributed by atoms with Crippen LogP contribution in [-0.2, 0) is 0 Å². The summed E-state index contributed by atoms with van der Waals surface area (Å²) < 4.78 is 0. The Bertz CT molecular complexity index is 252. The molecule has 0 radical (unpaired) electrons. The van der Waals surface area contributed by atoms with Crippen LogP contribution in [0.25, 0.3) is 0 Å². The second kappa shape index (κ2) is 7.61. The average Bonchev–Trinajstić information content (AvgIpc) is 2.75. The molecule has 1 N–H and O–H groups in total. The predicted octanol–water partition coefficient (Wildman–Crippen LogP) is 2.43. The van der Waals surface area contributed by atoms with Crippen molar-refractivity contribution in [1.82, 2.24) is 15.1 Å². The molecule has 0 aromatic carbocycles. The van der Waals surface area contributed by atoms with Gasteiger partial charge in [0.25, 0.3) is 0 Å². The molecule has 0 saturated carbocycles. The summed E-state index contributed by atoms with van der Waals surface area (Å²) in [5.41, 5.74) is 0.417. The Kier molecular flexibility index (Phi) is 6.78. The van der Waals surface area contributed by atoms with Crippen LogP contribution in [0.15, 0.2) is 0 Å². The van der Waals surface area contributed by atoms with E-state index in [1.807, 2.05) is 0 Å². The van der Waals surface area contributed by atoms with Gasteiger partial charge in [0.05, 0.1) is 0 Å². The molecule has 0 aliphatic carbocycles. The zero-order valence-corrected chi connectivity index (χ0v) is 14.0. The molecule has 19 heavy (non-hydrogen) atoms. The normalized spacial score (nSPS) is 24.3. The third kappa shape index (κ3) is 5.80. The monoisotopic (exact) mass is 269 g/mol. The first-order chi connectivity index (χ1) is 8.86. The molecule has 1 fully saturated rings. The number of rotatable bonds is 8. The minimum absolute atomic E-state index is 0.417. The number of nitrogens with zero attached hydrogens (tertiary/aromatic N) is 2. The molecule has 1 heterocycles. The van der Waals surface area contributed by atoms with E-state index in [-0.39, 0.29) is 0 Å². The zero-order chi connectivity index (χ0) is 14.5. The summed E-state index contributed by atoms with van der Waals surface area (Å²) in [5.74, 6) is 0. The molecule has 114 valence electrons. The maximum absolute atomic E-state index is 3.64. The fraction of sp³-hybridized carbons (Fsp3) is 1.00. The van der Waals surface area contributed by atoms with Gasteiger partial charge in [-0.25, -0.2) is 0 Å². The zero-order valence-electron chi connectivity index (χ0n) is 14.0. The van der Waals surface area contributed by atoms with Gasteiger partial charge in [-0.1, -0.05) is 34.1 Å². The lowest BCUT2D eigenvalue weighted by molar-refractivity contribution is 0.160. The van der Waals surface area contributed by atoms with Crippen LogP contribution in [0.1, 0.15) is 47.0 Å². The van der Waals surface area contributed by atoms with Crippen LogP contribution in [0.2, 0.25) is 0 Å². The van der Waals surface area contributed by atoms with Crippen LogP contribution in [-0.4, -0.2) is 62.2 Å². The molecule has 0 amide bonds. The fourth-order valence-corrected chi connectivity index (χ4v) is 3.19. The van der Waals surface area contributed by atoms with Gasteiger partial charge < -0.3 is 15.1 Å². The van der Waals surface area contributed by atoms with Crippen molar-refractivity contribution in [2.24, 2.45) is 5.41 Å². The van der Waals surface area contributed by atoms with Crippen molar-refractivity contribution >= 4 is 0 Å². The van der Waals surface area contributed by atoms with Crippen molar-refractivity contribution in [1.29, 1.82) is 0 Å². The van der Waals surface area contributed by atoms with Crippen molar-refractivity contribution in [3.63, 3.8) is 0 Å². The van der Waals surface area contributed by atoms with Gasteiger partial charge in [-0.05, 0) is 38.9 Å². The first kappa shape index (κ1) is 16.9. The van der Waals surface area contributed by atoms with E-state index in [0.717, 1.165) is 12.6 Å². The Balaban J connectivity index is 2.49. The Morgan fingerprint density at radius 3 is 2.53 bits per heavy atom. The highest BCUT2D eigenvalue weighted by Crippen LogP contribution is 2.26. The van der Waals surface area contributed by atoms with Crippen LogP contribution in [0, 0.1) is 5.41 Å². The van der Waals surface area contributed by atoms with Gasteiger partial charge in [-0.15, -0.1) is 0 Å². The Labute approximate surface area is 120 Å². The van der Waals surface area contributed by atoms with Gasteiger partial charge in [-0.3, -0.25) is 0 Å². The third-order valence-corrected chi connectivity index (χ3v) is 4.37. The van der Waals surface area contributed by atoms with Gasteiger partial charge in [0, 0.05) is 31.7 Å². The molecular weight excluding hydrogens is 234 g/mol. The summed E-state index contributed by atoms with van der Waals surface area (Å²) in [5, 5.41) is 3.64. The number of hydrogen-bond acceptors (Lipinski definition) is 3. The first-order valence-electron chi connectivity index (χ1n) is 7.98. The van der Waals surface area contributed by atoms with Crippen LogP contribution < -0.4 is 5.32 Å². The maximum atomic E-state index is 3.64. The lowest BCUT2D eigenvalue weighted by atomic mass is 9.84. The molecule has 1 aliphatic heterocycles. The molecule has 1 saturated heterocycles. The van der Waals surface area contributed by atoms with E-state index in [4.69, 9.17) is 0 Å². The van der Waals surface area contributed by atoms with E-state index in [2.05, 4.69) is 56.9 Å². The maximum Gasteiger partial charge on any atom is 0.0229 e. The van der Waals surface area contributed by atoms with E-state index in [1.54, 1.807) is 0 Å². The van der Waals surface area contributed by atoms with Crippen LogP contribution in [0.3, 0.4) is 0 Å². The Morgan fingerprint density at radius 1 is 1.37 bits per heavy atom. The predicted molar refractivity (Wildman–Crippen MR) is 84.7 cm³/mol. The number of likely N-dealkylation sites (tertiary alicyclic amines) is 1. The number of hydrogen-bond donors (Lipinski definition) is 1. The quantitative estimate of drug-likeness (QED) is 0.730. The second-order valence-corrected chi connectivity index (χ2v) is 7.24. The lowest BCUT2D eigenvalue weighted by Crippen LogP contribution is -2.44. The van der Waals surface area contributed by atoms with Gasteiger partial charge >= 0.3 is 0 Å². The Hall–Kier alpha value is -0.120. The van der Waals surface area contributed by atoms with Gasteiger partial charge in [0.1, 0.15) is 0 Å². The summed E-state index contributed by atoms with van der Waals surface area (Å²) in [6.07, 6.45) is 3.92. The third-order valence-electron chi connectivity index (χ3n) is 4.37. The summed E-state index contributed by atoms with van der Waals surface area (Å²) in [4.78, 5) is 5.05. The van der Waals surface area contributed by atoms with E-state index in [1.165, 1.54) is 38.9 Å². The summed E-state index contributed by atoms with van der Waals surface area (Å²) >= 11 is 0. The molecule has 1 rings (SSSR count). The highest BCUT2D eigenvalue weighted by atomic mass is 15.2. The average molecular weight is 269 g/mol. The highest BCUT2D eigenvalue weighted by Gasteiger charge is 2.31.